The average Bonchev–Trinajstić information content (AvgIpc) is 2.96. The Morgan fingerprint density at radius 1 is 1.29 bits per heavy atom. The summed E-state index contributed by atoms with van der Waals surface area (Å²) < 4.78 is 0.607. The van der Waals surface area contributed by atoms with Gasteiger partial charge in [-0.3, -0.25) is 9.59 Å². The molecule has 3 rings (SSSR count). The zero-order chi connectivity index (χ0) is 14.8. The third-order valence-corrected chi connectivity index (χ3v) is 4.02. The number of hydrogen-bond donors (Lipinski definition) is 1. The Kier molecular flexibility index (Phi) is 3.53. The molecule has 0 atom stereocenters. The van der Waals surface area contributed by atoms with Gasteiger partial charge in [0, 0.05) is 12.6 Å². The highest BCUT2D eigenvalue weighted by atomic mass is 32.1. The van der Waals surface area contributed by atoms with E-state index >= 15 is 0 Å². The van der Waals surface area contributed by atoms with E-state index in [1.165, 1.54) is 16.2 Å². The lowest BCUT2D eigenvalue weighted by Crippen LogP contribution is -2.28. The number of hydrogen-bond acceptors (Lipinski definition) is 4. The Hall–Kier alpha value is -2.47. The van der Waals surface area contributed by atoms with Gasteiger partial charge in [-0.15, -0.1) is 11.3 Å². The highest BCUT2D eigenvalue weighted by molar-refractivity contribution is 7.17. The van der Waals surface area contributed by atoms with Crippen LogP contribution in [0.4, 0.5) is 0 Å². The predicted octanol–water partition coefficient (Wildman–Crippen LogP) is 2.26. The van der Waals surface area contributed by atoms with Crippen LogP contribution in [-0.2, 0) is 6.54 Å². The Morgan fingerprint density at radius 3 is 2.81 bits per heavy atom. The first kappa shape index (κ1) is 13.5. The van der Waals surface area contributed by atoms with Gasteiger partial charge in [0.15, 0.2) is 0 Å². The summed E-state index contributed by atoms with van der Waals surface area (Å²) in [5.41, 5.74) is 1.11. The van der Waals surface area contributed by atoms with Crippen LogP contribution in [0, 0.1) is 0 Å². The molecule has 0 aliphatic heterocycles. The standard InChI is InChI=1S/C15H13N3O2S/c1-18(15(20)10-5-3-2-4-6-10)9-12-16-11-7-8-21-13(11)14(19)17-12/h2-8H,9H2,1H3,(H,16,17,19). The van der Waals surface area contributed by atoms with Crippen LogP contribution in [-0.4, -0.2) is 27.8 Å². The fraction of sp³-hybridized carbons (Fsp3) is 0.133. The largest absolute Gasteiger partial charge is 0.334 e. The third-order valence-electron chi connectivity index (χ3n) is 3.12. The maximum absolute atomic E-state index is 12.3. The van der Waals surface area contributed by atoms with Gasteiger partial charge in [-0.05, 0) is 23.6 Å². The highest BCUT2D eigenvalue weighted by Crippen LogP contribution is 2.14. The van der Waals surface area contributed by atoms with Gasteiger partial charge in [-0.2, -0.15) is 0 Å². The average molecular weight is 299 g/mol. The van der Waals surface area contributed by atoms with Crippen LogP contribution < -0.4 is 5.56 Å². The number of nitrogens with zero attached hydrogens (tertiary/aromatic N) is 2. The van der Waals surface area contributed by atoms with E-state index in [4.69, 9.17) is 0 Å². The van der Waals surface area contributed by atoms with E-state index in [9.17, 15) is 9.59 Å². The SMILES string of the molecule is CN(Cc1nc2ccsc2c(=O)[nH]1)C(=O)c1ccccc1. The minimum atomic E-state index is -0.162. The molecule has 106 valence electrons. The maximum atomic E-state index is 12.3. The first-order chi connectivity index (χ1) is 10.1. The van der Waals surface area contributed by atoms with E-state index in [1.807, 2.05) is 23.6 Å². The second-order valence-corrected chi connectivity index (χ2v) is 5.59. The van der Waals surface area contributed by atoms with Crippen molar-refractivity contribution in [3.63, 3.8) is 0 Å². The summed E-state index contributed by atoms with van der Waals surface area (Å²) in [5.74, 6) is 0.376. The number of rotatable bonds is 3. The second kappa shape index (κ2) is 5.49. The molecule has 0 aliphatic carbocycles. The molecule has 0 bridgehead atoms. The number of H-pyrrole nitrogens is 1. The lowest BCUT2D eigenvalue weighted by atomic mass is 10.2. The Bertz CT molecular complexity index is 839. The van der Waals surface area contributed by atoms with Crippen molar-refractivity contribution in [2.24, 2.45) is 0 Å². The number of fused-ring (bicyclic) bond motifs is 1. The van der Waals surface area contributed by atoms with E-state index < -0.39 is 0 Å². The van der Waals surface area contributed by atoms with Crippen molar-refractivity contribution in [1.82, 2.24) is 14.9 Å². The molecule has 1 amide bonds. The zero-order valence-corrected chi connectivity index (χ0v) is 12.2. The summed E-state index contributed by atoms with van der Waals surface area (Å²) in [7, 11) is 1.69. The second-order valence-electron chi connectivity index (χ2n) is 4.67. The molecule has 0 aliphatic rings. The summed E-state index contributed by atoms with van der Waals surface area (Å²) in [6.07, 6.45) is 0. The molecule has 2 heterocycles. The maximum Gasteiger partial charge on any atom is 0.268 e. The third kappa shape index (κ3) is 2.71. The van der Waals surface area contributed by atoms with Gasteiger partial charge < -0.3 is 9.88 Å². The van der Waals surface area contributed by atoms with E-state index in [2.05, 4.69) is 9.97 Å². The fourth-order valence-corrected chi connectivity index (χ4v) is 2.82. The van der Waals surface area contributed by atoms with Gasteiger partial charge in [0.1, 0.15) is 10.5 Å². The summed E-state index contributed by atoms with van der Waals surface area (Å²) in [6.45, 7) is 0.259. The highest BCUT2D eigenvalue weighted by Gasteiger charge is 2.13. The van der Waals surface area contributed by atoms with E-state index in [0.717, 1.165) is 0 Å². The number of carbonyl (C=O) groups is 1. The van der Waals surface area contributed by atoms with Crippen molar-refractivity contribution in [2.75, 3.05) is 7.05 Å². The molecule has 0 saturated heterocycles. The Morgan fingerprint density at radius 2 is 2.05 bits per heavy atom. The summed E-state index contributed by atoms with van der Waals surface area (Å²) in [4.78, 5) is 32.8. The number of carbonyl (C=O) groups excluding carboxylic acids is 1. The number of nitrogens with one attached hydrogen (secondary N) is 1. The monoisotopic (exact) mass is 299 g/mol. The molecule has 0 unspecified atom stereocenters. The molecule has 2 aromatic heterocycles. The minimum Gasteiger partial charge on any atom is -0.334 e. The van der Waals surface area contributed by atoms with Gasteiger partial charge >= 0.3 is 0 Å². The molecule has 6 heteroatoms. The lowest BCUT2D eigenvalue weighted by molar-refractivity contribution is 0.0781. The topological polar surface area (TPSA) is 66.1 Å². The van der Waals surface area contributed by atoms with Crippen molar-refractivity contribution in [1.29, 1.82) is 0 Å². The van der Waals surface area contributed by atoms with E-state index in [1.54, 1.807) is 25.2 Å². The van der Waals surface area contributed by atoms with Crippen molar-refractivity contribution in [3.8, 4) is 0 Å². The number of thiophene rings is 1. The predicted molar refractivity (Wildman–Crippen MR) is 82.5 cm³/mol. The van der Waals surface area contributed by atoms with Crippen molar-refractivity contribution in [2.45, 2.75) is 6.54 Å². The molecular weight excluding hydrogens is 286 g/mol. The molecule has 21 heavy (non-hydrogen) atoms. The molecule has 0 saturated carbocycles. The number of aromatic amines is 1. The van der Waals surface area contributed by atoms with Crippen LogP contribution in [0.3, 0.4) is 0 Å². The van der Waals surface area contributed by atoms with Crippen molar-refractivity contribution < 1.29 is 4.79 Å². The van der Waals surface area contributed by atoms with Gasteiger partial charge in [0.25, 0.3) is 11.5 Å². The zero-order valence-electron chi connectivity index (χ0n) is 11.4. The van der Waals surface area contributed by atoms with Gasteiger partial charge in [-0.25, -0.2) is 4.98 Å². The first-order valence-corrected chi connectivity index (χ1v) is 7.30. The van der Waals surface area contributed by atoms with E-state index in [-0.39, 0.29) is 18.0 Å². The molecule has 5 nitrogen and oxygen atoms in total. The summed E-state index contributed by atoms with van der Waals surface area (Å²) in [5, 5.41) is 1.83. The van der Waals surface area contributed by atoms with Crippen LogP contribution in [0.15, 0.2) is 46.6 Å². The number of benzene rings is 1. The molecule has 1 aromatic carbocycles. The van der Waals surface area contributed by atoms with Crippen molar-refractivity contribution >= 4 is 27.5 Å². The lowest BCUT2D eigenvalue weighted by Gasteiger charge is -2.16. The molecule has 0 radical (unpaired) electrons. The fourth-order valence-electron chi connectivity index (χ4n) is 2.09. The normalized spacial score (nSPS) is 10.7. The first-order valence-electron chi connectivity index (χ1n) is 6.42. The molecule has 3 aromatic rings. The number of aromatic nitrogens is 2. The summed E-state index contributed by atoms with van der Waals surface area (Å²) in [6, 6.07) is 10.8. The molecule has 0 fully saturated rings. The van der Waals surface area contributed by atoms with Crippen molar-refractivity contribution in [3.05, 3.63) is 63.5 Å². The van der Waals surface area contributed by atoms with Crippen LogP contribution in [0.5, 0.6) is 0 Å². The smallest absolute Gasteiger partial charge is 0.268 e. The summed E-state index contributed by atoms with van der Waals surface area (Å²) >= 11 is 1.36. The van der Waals surface area contributed by atoms with Crippen LogP contribution in [0.2, 0.25) is 0 Å². The minimum absolute atomic E-state index is 0.108. The Labute approximate surface area is 124 Å². The molecular formula is C15H13N3O2S. The molecule has 0 spiro atoms. The van der Waals surface area contributed by atoms with Gasteiger partial charge in [-0.1, -0.05) is 18.2 Å². The quantitative estimate of drug-likeness (QED) is 0.806. The van der Waals surface area contributed by atoms with Crippen LogP contribution in [0.25, 0.3) is 10.2 Å². The molecule has 1 N–H and O–H groups in total. The van der Waals surface area contributed by atoms with Gasteiger partial charge in [0.05, 0.1) is 12.1 Å². The van der Waals surface area contributed by atoms with Crippen LogP contribution >= 0.6 is 11.3 Å². The van der Waals surface area contributed by atoms with Crippen LogP contribution in [0.1, 0.15) is 16.2 Å². The van der Waals surface area contributed by atoms with Gasteiger partial charge in [0.2, 0.25) is 0 Å². The Balaban J connectivity index is 1.84. The number of amides is 1. The van der Waals surface area contributed by atoms with E-state index in [0.29, 0.717) is 21.6 Å².